The Morgan fingerprint density at radius 2 is 2.00 bits per heavy atom. The summed E-state index contributed by atoms with van der Waals surface area (Å²) in [6, 6.07) is 0. The number of rotatable bonds is 5. The molecule has 0 bridgehead atoms. The van der Waals surface area contributed by atoms with Crippen LogP contribution >= 0.6 is 0 Å². The Bertz CT molecular complexity index is 295. The summed E-state index contributed by atoms with van der Waals surface area (Å²) >= 11 is 0. The smallest absolute Gasteiger partial charge is 0.748 e. The van der Waals surface area contributed by atoms with Crippen LogP contribution in [0.4, 0.5) is 0 Å². The Balaban J connectivity index is 0. The fourth-order valence-electron chi connectivity index (χ4n) is 0.524. The minimum atomic E-state index is -4.21. The molecule has 0 amide bonds. The molecule has 0 N–H and O–H groups in total. The third kappa shape index (κ3) is 11.2. The minimum Gasteiger partial charge on any atom is -0.748 e. The van der Waals surface area contributed by atoms with Crippen LogP contribution in [0, 0.1) is 0 Å². The second-order valence-electron chi connectivity index (χ2n) is 2.53. The number of carbonyl (C=O) groups is 1. The molecule has 5 nitrogen and oxygen atoms in total. The molecular formula is C7H11CsO5S. The number of ether oxygens (including phenoxy) is 1. The summed E-state index contributed by atoms with van der Waals surface area (Å²) < 4.78 is 34.8. The number of carbonyl (C=O) groups excluding carboxylic acids is 1. The van der Waals surface area contributed by atoms with Gasteiger partial charge in [-0.3, -0.25) is 0 Å². The zero-order valence-corrected chi connectivity index (χ0v) is 15.4. The molecule has 0 saturated heterocycles. The summed E-state index contributed by atoms with van der Waals surface area (Å²) in [5.74, 6) is -1.10. The van der Waals surface area contributed by atoms with Crippen LogP contribution in [-0.4, -0.2) is 31.3 Å². The maximum atomic E-state index is 10.7. The van der Waals surface area contributed by atoms with E-state index >= 15 is 0 Å². The van der Waals surface area contributed by atoms with Gasteiger partial charge in [0.15, 0.2) is 0 Å². The van der Waals surface area contributed by atoms with Gasteiger partial charge in [-0.15, -0.1) is 0 Å². The number of hydrogen-bond acceptors (Lipinski definition) is 5. The molecule has 0 aromatic carbocycles. The van der Waals surface area contributed by atoms with Gasteiger partial charge in [-0.05, 0) is 13.3 Å². The first-order valence-electron chi connectivity index (χ1n) is 3.59. The standard InChI is InChI=1S/C7H12O5S.Cs/c1-6(2)7(8)12-4-3-5-13(9,10)11;/h1,3-5H2,2H3,(H,9,10,11);/q;+1/p-1. The second-order valence-corrected chi connectivity index (χ2v) is 4.06. The monoisotopic (exact) mass is 340 g/mol. The van der Waals surface area contributed by atoms with Gasteiger partial charge >= 0.3 is 74.9 Å². The Morgan fingerprint density at radius 1 is 1.50 bits per heavy atom. The molecule has 14 heavy (non-hydrogen) atoms. The van der Waals surface area contributed by atoms with Gasteiger partial charge in [-0.2, -0.15) is 0 Å². The zero-order valence-electron chi connectivity index (χ0n) is 8.28. The van der Waals surface area contributed by atoms with Crippen molar-refractivity contribution < 1.29 is 91.4 Å². The SMILES string of the molecule is C=C(C)C(=O)OCCCS(=O)(=O)[O-].[Cs+]. The average Bonchev–Trinajstić information content (AvgIpc) is 1.95. The number of hydrogen-bond donors (Lipinski definition) is 0. The van der Waals surface area contributed by atoms with Crippen LogP contribution in [0.2, 0.25) is 0 Å². The molecule has 0 unspecified atom stereocenters. The zero-order chi connectivity index (χ0) is 10.5. The van der Waals surface area contributed by atoms with Crippen LogP contribution < -0.4 is 68.9 Å². The third-order valence-corrected chi connectivity index (χ3v) is 1.91. The molecule has 0 radical (unpaired) electrons. The summed E-state index contributed by atoms with van der Waals surface area (Å²) in [5, 5.41) is 0. The van der Waals surface area contributed by atoms with Gasteiger partial charge in [0.1, 0.15) is 0 Å². The van der Waals surface area contributed by atoms with Crippen LogP contribution in [0.3, 0.4) is 0 Å². The van der Waals surface area contributed by atoms with Gasteiger partial charge in [0, 0.05) is 11.3 Å². The van der Waals surface area contributed by atoms with Gasteiger partial charge in [0.05, 0.1) is 16.7 Å². The van der Waals surface area contributed by atoms with Crippen molar-refractivity contribution in [3.8, 4) is 0 Å². The molecule has 0 spiro atoms. The molecule has 0 aromatic heterocycles. The quantitative estimate of drug-likeness (QED) is 0.231. The summed E-state index contributed by atoms with van der Waals surface area (Å²) in [6.07, 6.45) is 0.0187. The maximum absolute atomic E-state index is 10.7. The first kappa shape index (κ1) is 17.6. The largest absolute Gasteiger partial charge is 1.00 e. The summed E-state index contributed by atoms with van der Waals surface area (Å²) in [4.78, 5) is 10.7. The van der Waals surface area contributed by atoms with E-state index in [1.54, 1.807) is 0 Å². The topological polar surface area (TPSA) is 83.5 Å². The fraction of sp³-hybridized carbons (Fsp3) is 0.571. The van der Waals surface area contributed by atoms with Crippen molar-refractivity contribution in [1.82, 2.24) is 0 Å². The van der Waals surface area contributed by atoms with E-state index in [0.717, 1.165) is 0 Å². The summed E-state index contributed by atoms with van der Waals surface area (Å²) in [7, 11) is -4.21. The molecule has 7 heteroatoms. The molecule has 0 atom stereocenters. The molecule has 0 saturated carbocycles. The summed E-state index contributed by atoms with van der Waals surface area (Å²) in [6.45, 7) is 4.73. The Kier molecular flexibility index (Phi) is 10.5. The predicted molar refractivity (Wildman–Crippen MR) is 45.0 cm³/mol. The van der Waals surface area contributed by atoms with Crippen molar-refractivity contribution in [3.05, 3.63) is 12.2 Å². The molecule has 0 aromatic rings. The van der Waals surface area contributed by atoms with E-state index in [-0.39, 0.29) is 87.5 Å². The molecule has 0 rings (SSSR count). The van der Waals surface area contributed by atoms with Crippen molar-refractivity contribution >= 4 is 16.1 Å². The van der Waals surface area contributed by atoms with Crippen LogP contribution in [0.25, 0.3) is 0 Å². The van der Waals surface area contributed by atoms with E-state index in [1.807, 2.05) is 0 Å². The van der Waals surface area contributed by atoms with Gasteiger partial charge in [0.25, 0.3) is 0 Å². The van der Waals surface area contributed by atoms with E-state index in [2.05, 4.69) is 11.3 Å². The predicted octanol–water partition coefficient (Wildman–Crippen LogP) is -2.95. The first-order chi connectivity index (χ1) is 5.83. The normalized spacial score (nSPS) is 10.1. The van der Waals surface area contributed by atoms with Crippen LogP contribution in [0.1, 0.15) is 13.3 Å². The van der Waals surface area contributed by atoms with E-state index in [4.69, 9.17) is 0 Å². The molecule has 0 aliphatic rings. The van der Waals surface area contributed by atoms with Gasteiger partial charge in [0.2, 0.25) is 0 Å². The van der Waals surface area contributed by atoms with Gasteiger partial charge in [-0.1, -0.05) is 6.58 Å². The maximum Gasteiger partial charge on any atom is 1.00 e. The van der Waals surface area contributed by atoms with Gasteiger partial charge < -0.3 is 9.29 Å². The molecule has 0 heterocycles. The Morgan fingerprint density at radius 3 is 2.36 bits per heavy atom. The molecule has 0 aliphatic carbocycles. The third-order valence-electron chi connectivity index (χ3n) is 1.12. The summed E-state index contributed by atoms with van der Waals surface area (Å²) in [5.41, 5.74) is 0.241. The Hall–Kier alpha value is 1.17. The molecule has 76 valence electrons. The fourth-order valence-corrected chi connectivity index (χ4v) is 0.995. The van der Waals surface area contributed by atoms with Gasteiger partial charge in [-0.25, -0.2) is 13.2 Å². The first-order valence-corrected chi connectivity index (χ1v) is 5.17. The van der Waals surface area contributed by atoms with Crippen molar-refractivity contribution in [2.45, 2.75) is 13.3 Å². The van der Waals surface area contributed by atoms with Crippen molar-refractivity contribution in [3.63, 3.8) is 0 Å². The van der Waals surface area contributed by atoms with Crippen molar-refractivity contribution in [1.29, 1.82) is 0 Å². The van der Waals surface area contributed by atoms with Crippen LogP contribution in [0.5, 0.6) is 0 Å². The van der Waals surface area contributed by atoms with E-state index in [0.29, 0.717) is 0 Å². The second kappa shape index (κ2) is 8.34. The van der Waals surface area contributed by atoms with Crippen LogP contribution in [-0.2, 0) is 19.6 Å². The Labute approximate surface area is 142 Å². The van der Waals surface area contributed by atoms with E-state index in [1.165, 1.54) is 6.92 Å². The molecule has 0 fully saturated rings. The average molecular weight is 340 g/mol. The molecule has 0 aliphatic heterocycles. The number of esters is 1. The van der Waals surface area contributed by atoms with E-state index < -0.39 is 21.8 Å². The van der Waals surface area contributed by atoms with E-state index in [9.17, 15) is 17.8 Å². The van der Waals surface area contributed by atoms with Crippen molar-refractivity contribution in [2.75, 3.05) is 12.4 Å². The minimum absolute atomic E-state index is 0. The molecular weight excluding hydrogens is 329 g/mol. The van der Waals surface area contributed by atoms with Crippen LogP contribution in [0.15, 0.2) is 12.2 Å². The van der Waals surface area contributed by atoms with Crippen molar-refractivity contribution in [2.24, 2.45) is 0 Å².